The first kappa shape index (κ1) is 10.5. The summed E-state index contributed by atoms with van der Waals surface area (Å²) >= 11 is 0. The number of likely N-dealkylation sites (tertiary alicyclic amines) is 1. The van der Waals surface area contributed by atoms with Crippen LogP contribution in [0.3, 0.4) is 0 Å². The Morgan fingerprint density at radius 1 is 1.31 bits per heavy atom. The predicted molar refractivity (Wildman–Crippen MR) is 60.1 cm³/mol. The van der Waals surface area contributed by atoms with Crippen molar-refractivity contribution in [3.8, 4) is 0 Å². The van der Waals surface area contributed by atoms with E-state index < -0.39 is 0 Å². The van der Waals surface area contributed by atoms with Crippen LogP contribution in [0, 0.1) is 5.92 Å². The lowest BCUT2D eigenvalue weighted by Gasteiger charge is -2.20. The minimum Gasteiger partial charge on any atom is -0.381 e. The average molecular weight is 224 g/mol. The molecule has 0 aromatic rings. The van der Waals surface area contributed by atoms with E-state index >= 15 is 0 Å². The summed E-state index contributed by atoms with van der Waals surface area (Å²) in [4.78, 5) is 14.1. The number of hydrogen-bond donors (Lipinski definition) is 1. The fourth-order valence-electron chi connectivity index (χ4n) is 2.65. The van der Waals surface area contributed by atoms with Crippen LogP contribution in [0.5, 0.6) is 0 Å². The summed E-state index contributed by atoms with van der Waals surface area (Å²) in [5.74, 6) is 0.891. The second-order valence-corrected chi connectivity index (χ2v) is 5.30. The average Bonchev–Trinajstić information content (AvgIpc) is 2.83. The van der Waals surface area contributed by atoms with E-state index in [4.69, 9.17) is 4.74 Å². The summed E-state index contributed by atoms with van der Waals surface area (Å²) in [5.41, 5.74) is 0. The van der Waals surface area contributed by atoms with Gasteiger partial charge in [0.25, 0.3) is 0 Å². The maximum absolute atomic E-state index is 12.1. The van der Waals surface area contributed by atoms with Crippen LogP contribution in [0.2, 0.25) is 0 Å². The molecule has 3 rings (SSSR count). The second kappa shape index (κ2) is 4.34. The Bertz CT molecular complexity index is 272. The zero-order valence-corrected chi connectivity index (χ0v) is 9.65. The van der Waals surface area contributed by atoms with E-state index in [1.54, 1.807) is 0 Å². The van der Waals surface area contributed by atoms with Crippen LogP contribution in [-0.2, 0) is 9.53 Å². The summed E-state index contributed by atoms with van der Waals surface area (Å²) in [6.45, 7) is 3.54. The number of carbonyl (C=O) groups excluding carboxylic acids is 1. The lowest BCUT2D eigenvalue weighted by Crippen LogP contribution is -2.40. The minimum atomic E-state index is 0.106. The zero-order chi connectivity index (χ0) is 11.0. The molecule has 2 aliphatic heterocycles. The molecule has 0 radical (unpaired) electrons. The molecule has 2 unspecified atom stereocenters. The molecule has 4 heteroatoms. The SMILES string of the molecule is O=C1C(NC2CC2)CCN1CC1CCOC1. The van der Waals surface area contributed by atoms with Gasteiger partial charge in [0.15, 0.2) is 0 Å². The van der Waals surface area contributed by atoms with Crippen molar-refractivity contribution >= 4 is 5.91 Å². The Balaban J connectivity index is 1.50. The van der Waals surface area contributed by atoms with Gasteiger partial charge in [0.1, 0.15) is 0 Å². The van der Waals surface area contributed by atoms with Gasteiger partial charge in [-0.1, -0.05) is 0 Å². The third-order valence-electron chi connectivity index (χ3n) is 3.81. The molecule has 0 aromatic carbocycles. The molecule has 3 aliphatic rings. The van der Waals surface area contributed by atoms with Gasteiger partial charge in [0.05, 0.1) is 12.6 Å². The van der Waals surface area contributed by atoms with E-state index in [0.717, 1.165) is 39.1 Å². The van der Waals surface area contributed by atoms with Crippen molar-refractivity contribution in [2.24, 2.45) is 5.92 Å². The topological polar surface area (TPSA) is 41.6 Å². The summed E-state index contributed by atoms with van der Waals surface area (Å²) in [6, 6.07) is 0.735. The monoisotopic (exact) mass is 224 g/mol. The Morgan fingerprint density at radius 2 is 2.19 bits per heavy atom. The molecule has 1 N–H and O–H groups in total. The normalized spacial score (nSPS) is 35.0. The van der Waals surface area contributed by atoms with Crippen LogP contribution in [0.1, 0.15) is 25.7 Å². The molecular weight excluding hydrogens is 204 g/mol. The summed E-state index contributed by atoms with van der Waals surface area (Å²) in [5, 5.41) is 3.43. The first-order chi connectivity index (χ1) is 7.83. The van der Waals surface area contributed by atoms with Crippen molar-refractivity contribution in [2.45, 2.75) is 37.8 Å². The number of amides is 1. The smallest absolute Gasteiger partial charge is 0.239 e. The van der Waals surface area contributed by atoms with E-state index in [2.05, 4.69) is 5.32 Å². The fourth-order valence-corrected chi connectivity index (χ4v) is 2.65. The van der Waals surface area contributed by atoms with Gasteiger partial charge in [-0.05, 0) is 25.7 Å². The summed E-state index contributed by atoms with van der Waals surface area (Å²) < 4.78 is 5.35. The van der Waals surface area contributed by atoms with Crippen molar-refractivity contribution in [1.29, 1.82) is 0 Å². The van der Waals surface area contributed by atoms with Crippen LogP contribution in [0.25, 0.3) is 0 Å². The zero-order valence-electron chi connectivity index (χ0n) is 9.65. The number of rotatable bonds is 4. The van der Waals surface area contributed by atoms with E-state index in [0.29, 0.717) is 17.9 Å². The van der Waals surface area contributed by atoms with Crippen molar-refractivity contribution in [3.05, 3.63) is 0 Å². The molecule has 0 bridgehead atoms. The maximum Gasteiger partial charge on any atom is 0.239 e. The highest BCUT2D eigenvalue weighted by molar-refractivity contribution is 5.84. The van der Waals surface area contributed by atoms with Crippen LogP contribution in [0.15, 0.2) is 0 Å². The second-order valence-electron chi connectivity index (χ2n) is 5.30. The first-order valence-electron chi connectivity index (χ1n) is 6.45. The molecule has 3 fully saturated rings. The molecule has 4 nitrogen and oxygen atoms in total. The van der Waals surface area contributed by atoms with Gasteiger partial charge in [-0.25, -0.2) is 0 Å². The quantitative estimate of drug-likeness (QED) is 0.750. The molecule has 1 saturated carbocycles. The Hall–Kier alpha value is -0.610. The third kappa shape index (κ3) is 2.23. The molecule has 1 amide bonds. The van der Waals surface area contributed by atoms with Gasteiger partial charge >= 0.3 is 0 Å². The molecule has 2 heterocycles. The molecule has 0 spiro atoms. The molecule has 90 valence electrons. The minimum absolute atomic E-state index is 0.106. The van der Waals surface area contributed by atoms with Gasteiger partial charge in [-0.2, -0.15) is 0 Å². The highest BCUT2D eigenvalue weighted by atomic mass is 16.5. The van der Waals surface area contributed by atoms with Crippen molar-refractivity contribution in [2.75, 3.05) is 26.3 Å². The lowest BCUT2D eigenvalue weighted by atomic mass is 10.1. The summed E-state index contributed by atoms with van der Waals surface area (Å²) in [6.07, 6.45) is 4.61. The van der Waals surface area contributed by atoms with Crippen LogP contribution in [0.4, 0.5) is 0 Å². The largest absolute Gasteiger partial charge is 0.381 e. The Morgan fingerprint density at radius 3 is 2.88 bits per heavy atom. The fraction of sp³-hybridized carbons (Fsp3) is 0.917. The van der Waals surface area contributed by atoms with E-state index in [9.17, 15) is 4.79 Å². The number of ether oxygens (including phenoxy) is 1. The maximum atomic E-state index is 12.1. The molecule has 2 atom stereocenters. The van der Waals surface area contributed by atoms with Crippen LogP contribution < -0.4 is 5.32 Å². The standard InChI is InChI=1S/C12H20N2O2/c15-12-11(13-10-1-2-10)3-5-14(12)7-9-4-6-16-8-9/h9-11,13H,1-8H2. The molecular formula is C12H20N2O2. The first-order valence-corrected chi connectivity index (χ1v) is 6.45. The lowest BCUT2D eigenvalue weighted by molar-refractivity contribution is -0.130. The van der Waals surface area contributed by atoms with Crippen molar-refractivity contribution in [3.63, 3.8) is 0 Å². The van der Waals surface area contributed by atoms with Gasteiger partial charge in [0.2, 0.25) is 5.91 Å². The molecule has 16 heavy (non-hydrogen) atoms. The van der Waals surface area contributed by atoms with E-state index in [1.165, 1.54) is 12.8 Å². The van der Waals surface area contributed by atoms with Crippen molar-refractivity contribution < 1.29 is 9.53 Å². The number of hydrogen-bond acceptors (Lipinski definition) is 3. The Kier molecular flexibility index (Phi) is 2.86. The predicted octanol–water partition coefficient (Wildman–Crippen LogP) is 0.376. The van der Waals surface area contributed by atoms with Crippen LogP contribution >= 0.6 is 0 Å². The van der Waals surface area contributed by atoms with Crippen LogP contribution in [-0.4, -0.2) is 49.2 Å². The highest BCUT2D eigenvalue weighted by Gasteiger charge is 2.36. The van der Waals surface area contributed by atoms with Gasteiger partial charge in [-0.15, -0.1) is 0 Å². The third-order valence-corrected chi connectivity index (χ3v) is 3.81. The number of carbonyl (C=O) groups is 1. The number of nitrogens with one attached hydrogen (secondary N) is 1. The van der Waals surface area contributed by atoms with E-state index in [1.807, 2.05) is 4.90 Å². The van der Waals surface area contributed by atoms with Gasteiger partial charge in [0, 0.05) is 31.7 Å². The molecule has 0 aromatic heterocycles. The molecule has 1 aliphatic carbocycles. The summed E-state index contributed by atoms with van der Waals surface area (Å²) in [7, 11) is 0. The Labute approximate surface area is 96.3 Å². The van der Waals surface area contributed by atoms with Gasteiger partial charge < -0.3 is 15.0 Å². The van der Waals surface area contributed by atoms with Crippen molar-refractivity contribution in [1.82, 2.24) is 10.2 Å². The molecule has 2 saturated heterocycles. The number of nitrogens with zero attached hydrogens (tertiary/aromatic N) is 1. The van der Waals surface area contributed by atoms with E-state index in [-0.39, 0.29) is 6.04 Å². The highest BCUT2D eigenvalue weighted by Crippen LogP contribution is 2.23. The van der Waals surface area contributed by atoms with Gasteiger partial charge in [-0.3, -0.25) is 4.79 Å².